The van der Waals surface area contributed by atoms with E-state index in [-0.39, 0.29) is 5.75 Å². The van der Waals surface area contributed by atoms with Crippen LogP contribution in [0.25, 0.3) is 0 Å². The van der Waals surface area contributed by atoms with Gasteiger partial charge in [0.05, 0.1) is 7.11 Å². The number of aryl methyl sites for hydroxylation is 1. The van der Waals surface area contributed by atoms with Crippen molar-refractivity contribution in [1.82, 2.24) is 4.72 Å². The summed E-state index contributed by atoms with van der Waals surface area (Å²) in [7, 11) is -2.71. The minimum Gasteiger partial charge on any atom is -0.493 e. The van der Waals surface area contributed by atoms with Gasteiger partial charge in [0.25, 0.3) is 0 Å². The smallest absolute Gasteiger partial charge is 0.409 e. The third-order valence-electron chi connectivity index (χ3n) is 7.26. The van der Waals surface area contributed by atoms with Crippen molar-refractivity contribution >= 4 is 16.2 Å². The lowest BCUT2D eigenvalue weighted by atomic mass is 9.56. The fraction of sp³-hybridized carbons (Fsp3) is 0.667. The summed E-state index contributed by atoms with van der Waals surface area (Å²) >= 11 is 0. The zero-order valence-corrected chi connectivity index (χ0v) is 17.6. The van der Waals surface area contributed by atoms with Crippen LogP contribution < -0.4 is 13.6 Å². The van der Waals surface area contributed by atoms with Crippen molar-refractivity contribution < 1.29 is 22.1 Å². The zero-order chi connectivity index (χ0) is 20.1. The van der Waals surface area contributed by atoms with Gasteiger partial charge in [0, 0.05) is 6.92 Å². The molecule has 4 rings (SSSR count). The standard InChI is InChI=1S/C21H29NO5S/c1-13(23)22-28(24,25)27-20-11-14-6-7-16-15(17(14)12-19(20)26-3)8-10-21(2)9-4-5-18(16)21/h11-12,15-16,18H,4-10H2,1-3H3,(H,22,23)/t15-,16+,18-,21-/m0/s1. The van der Waals surface area contributed by atoms with E-state index in [4.69, 9.17) is 8.92 Å². The molecular weight excluding hydrogens is 378 g/mol. The molecule has 0 radical (unpaired) electrons. The van der Waals surface area contributed by atoms with Crippen LogP contribution in [0.1, 0.15) is 69.4 Å². The average molecular weight is 408 g/mol. The Hall–Kier alpha value is -1.76. The molecule has 154 valence electrons. The van der Waals surface area contributed by atoms with Gasteiger partial charge in [-0.1, -0.05) is 13.3 Å². The first kappa shape index (κ1) is 19.6. The molecule has 2 fully saturated rings. The summed E-state index contributed by atoms with van der Waals surface area (Å²) in [6, 6.07) is 3.74. The molecule has 0 bridgehead atoms. The van der Waals surface area contributed by atoms with Gasteiger partial charge in [0.15, 0.2) is 11.5 Å². The molecule has 7 heteroatoms. The molecule has 3 aliphatic carbocycles. The lowest BCUT2D eigenvalue weighted by Crippen LogP contribution is -2.39. The van der Waals surface area contributed by atoms with Crippen LogP contribution in [-0.4, -0.2) is 21.4 Å². The van der Waals surface area contributed by atoms with Crippen LogP contribution in [0.4, 0.5) is 0 Å². The Kier molecular flexibility index (Phi) is 4.84. The molecule has 0 heterocycles. The average Bonchev–Trinajstić information content (AvgIpc) is 3.01. The molecule has 4 atom stereocenters. The topological polar surface area (TPSA) is 81.7 Å². The second-order valence-electron chi connectivity index (χ2n) is 8.90. The Morgan fingerprint density at radius 1 is 1.18 bits per heavy atom. The van der Waals surface area contributed by atoms with Gasteiger partial charge in [-0.05, 0) is 85.0 Å². The minimum atomic E-state index is -4.22. The number of hydrogen-bond acceptors (Lipinski definition) is 5. The first-order chi connectivity index (χ1) is 13.2. The zero-order valence-electron chi connectivity index (χ0n) is 16.8. The number of methoxy groups -OCH3 is 1. The molecule has 2 saturated carbocycles. The fourth-order valence-electron chi connectivity index (χ4n) is 6.11. The predicted molar refractivity (Wildman–Crippen MR) is 106 cm³/mol. The van der Waals surface area contributed by atoms with Crippen LogP contribution in [0.2, 0.25) is 0 Å². The van der Waals surface area contributed by atoms with E-state index in [1.165, 1.54) is 44.8 Å². The molecule has 1 aromatic carbocycles. The SMILES string of the molecule is COc1cc2c(cc1OS(=O)(=O)NC(C)=O)CC[C@@H]1[C@@H]2CC[C@]2(C)CCC[C@@H]12. The van der Waals surface area contributed by atoms with Gasteiger partial charge in [-0.25, -0.2) is 4.72 Å². The van der Waals surface area contributed by atoms with E-state index in [0.717, 1.165) is 31.2 Å². The maximum Gasteiger partial charge on any atom is 0.409 e. The van der Waals surface area contributed by atoms with E-state index in [1.807, 2.05) is 10.8 Å². The number of amides is 1. The molecule has 0 aromatic heterocycles. The third kappa shape index (κ3) is 3.38. The van der Waals surface area contributed by atoms with Crippen molar-refractivity contribution in [3.63, 3.8) is 0 Å². The normalized spacial score (nSPS) is 31.3. The van der Waals surface area contributed by atoms with Gasteiger partial charge in [-0.2, -0.15) is 8.42 Å². The van der Waals surface area contributed by atoms with Gasteiger partial charge in [-0.3, -0.25) is 4.79 Å². The van der Waals surface area contributed by atoms with Crippen LogP contribution in [0.15, 0.2) is 12.1 Å². The lowest BCUT2D eigenvalue weighted by Gasteiger charge is -2.49. The molecule has 0 saturated heterocycles. The highest BCUT2D eigenvalue weighted by Gasteiger charge is 2.50. The van der Waals surface area contributed by atoms with Gasteiger partial charge in [0.2, 0.25) is 5.91 Å². The molecule has 0 aliphatic heterocycles. The van der Waals surface area contributed by atoms with E-state index >= 15 is 0 Å². The van der Waals surface area contributed by atoms with Crippen LogP contribution in [0.3, 0.4) is 0 Å². The number of fused-ring (bicyclic) bond motifs is 5. The number of carbonyl (C=O) groups is 1. The molecule has 0 unspecified atom stereocenters. The number of benzene rings is 1. The lowest BCUT2D eigenvalue weighted by molar-refractivity contribution is -0.117. The Bertz CT molecular complexity index is 896. The highest BCUT2D eigenvalue weighted by Crippen LogP contribution is 2.61. The highest BCUT2D eigenvalue weighted by molar-refractivity contribution is 7.85. The van der Waals surface area contributed by atoms with Crippen LogP contribution in [0.5, 0.6) is 11.5 Å². The van der Waals surface area contributed by atoms with Gasteiger partial charge < -0.3 is 8.92 Å². The summed E-state index contributed by atoms with van der Waals surface area (Å²) < 4.78 is 36.5. The third-order valence-corrected chi connectivity index (χ3v) is 8.19. The molecule has 1 N–H and O–H groups in total. The van der Waals surface area contributed by atoms with Crippen molar-refractivity contribution in [1.29, 1.82) is 0 Å². The van der Waals surface area contributed by atoms with Crippen LogP contribution in [0, 0.1) is 17.3 Å². The fourth-order valence-corrected chi connectivity index (χ4v) is 6.87. The molecular formula is C21H29NO5S. The molecule has 0 spiro atoms. The minimum absolute atomic E-state index is 0.134. The largest absolute Gasteiger partial charge is 0.493 e. The van der Waals surface area contributed by atoms with Crippen molar-refractivity contribution in [2.75, 3.05) is 7.11 Å². The Morgan fingerprint density at radius 3 is 2.68 bits per heavy atom. The number of carbonyl (C=O) groups excluding carboxylic acids is 1. The molecule has 3 aliphatic rings. The number of hydrogen-bond donors (Lipinski definition) is 1. The predicted octanol–water partition coefficient (Wildman–Crippen LogP) is 3.70. The van der Waals surface area contributed by atoms with E-state index in [2.05, 4.69) is 6.92 Å². The van der Waals surface area contributed by atoms with E-state index in [0.29, 0.717) is 23.0 Å². The van der Waals surface area contributed by atoms with Crippen LogP contribution in [-0.2, 0) is 21.5 Å². The second kappa shape index (κ2) is 6.94. The maximum absolute atomic E-state index is 12.0. The highest BCUT2D eigenvalue weighted by atomic mass is 32.2. The van der Waals surface area contributed by atoms with E-state index in [9.17, 15) is 13.2 Å². The summed E-state index contributed by atoms with van der Waals surface area (Å²) in [4.78, 5) is 11.1. The number of nitrogens with one attached hydrogen (secondary N) is 1. The second-order valence-corrected chi connectivity index (χ2v) is 10.2. The van der Waals surface area contributed by atoms with Crippen molar-refractivity contribution in [2.24, 2.45) is 17.3 Å². The Balaban J connectivity index is 1.66. The molecule has 6 nitrogen and oxygen atoms in total. The summed E-state index contributed by atoms with van der Waals surface area (Å²) in [5.41, 5.74) is 2.92. The van der Waals surface area contributed by atoms with Gasteiger partial charge in [0.1, 0.15) is 0 Å². The summed E-state index contributed by atoms with van der Waals surface area (Å²) in [6.07, 6.45) is 8.53. The molecule has 1 amide bonds. The van der Waals surface area contributed by atoms with Crippen molar-refractivity contribution in [2.45, 2.75) is 64.7 Å². The maximum atomic E-state index is 12.0. The number of ether oxygens (including phenoxy) is 1. The van der Waals surface area contributed by atoms with E-state index < -0.39 is 16.2 Å². The van der Waals surface area contributed by atoms with Crippen LogP contribution >= 0.6 is 0 Å². The molecule has 1 aromatic rings. The van der Waals surface area contributed by atoms with Crippen molar-refractivity contribution in [3.8, 4) is 11.5 Å². The quantitative estimate of drug-likeness (QED) is 0.823. The monoisotopic (exact) mass is 407 g/mol. The van der Waals surface area contributed by atoms with E-state index in [1.54, 1.807) is 6.07 Å². The first-order valence-corrected chi connectivity index (χ1v) is 11.6. The van der Waals surface area contributed by atoms with Gasteiger partial charge in [-0.15, -0.1) is 0 Å². The van der Waals surface area contributed by atoms with Gasteiger partial charge >= 0.3 is 10.3 Å². The van der Waals surface area contributed by atoms with Crippen molar-refractivity contribution in [3.05, 3.63) is 23.3 Å². The molecule has 28 heavy (non-hydrogen) atoms. The Morgan fingerprint density at radius 2 is 1.96 bits per heavy atom. The summed E-state index contributed by atoms with van der Waals surface area (Å²) in [5, 5.41) is 0. The summed E-state index contributed by atoms with van der Waals surface area (Å²) in [5.74, 6) is 1.84. The summed E-state index contributed by atoms with van der Waals surface area (Å²) in [6.45, 7) is 3.60. The Labute approximate surface area is 167 Å². The first-order valence-electron chi connectivity index (χ1n) is 10.2. The number of rotatable bonds is 4.